The lowest BCUT2D eigenvalue weighted by atomic mass is 10.4. The lowest BCUT2D eigenvalue weighted by Gasteiger charge is -2.02. The Morgan fingerprint density at radius 1 is 1.60 bits per heavy atom. The summed E-state index contributed by atoms with van der Waals surface area (Å²) in [6, 6.07) is 0. The summed E-state index contributed by atoms with van der Waals surface area (Å²) in [5.74, 6) is -0.849. The summed E-state index contributed by atoms with van der Waals surface area (Å²) in [6.07, 6.45) is 1.43. The number of amides is 1. The predicted molar refractivity (Wildman–Crippen MR) is 55.2 cm³/mol. The molecule has 1 rings (SSSR count). The minimum atomic E-state index is -0.505. The molecule has 82 valence electrons. The van der Waals surface area contributed by atoms with Crippen LogP contribution in [-0.4, -0.2) is 23.5 Å². The van der Waals surface area contributed by atoms with Gasteiger partial charge in [0.1, 0.15) is 11.4 Å². The van der Waals surface area contributed by atoms with Gasteiger partial charge in [0.05, 0.1) is 13.2 Å². The van der Waals surface area contributed by atoms with E-state index in [-0.39, 0.29) is 12.3 Å². The first kappa shape index (κ1) is 11.6. The van der Waals surface area contributed by atoms with Crippen molar-refractivity contribution in [3.8, 4) is 0 Å². The van der Waals surface area contributed by atoms with Crippen molar-refractivity contribution in [2.24, 2.45) is 0 Å². The fraction of sp³-hybridized carbons (Fsp3) is 0.444. The summed E-state index contributed by atoms with van der Waals surface area (Å²) >= 11 is 1.45. The van der Waals surface area contributed by atoms with E-state index in [1.165, 1.54) is 11.3 Å². The first-order valence-electron chi connectivity index (χ1n) is 4.53. The molecule has 0 bridgehead atoms. The zero-order chi connectivity index (χ0) is 11.1. The second kappa shape index (κ2) is 6.13. The number of ether oxygens (including phenoxy) is 1. The van der Waals surface area contributed by atoms with E-state index >= 15 is 0 Å². The molecule has 15 heavy (non-hydrogen) atoms. The molecule has 0 unspecified atom stereocenters. The van der Waals surface area contributed by atoms with Crippen LogP contribution >= 0.6 is 11.3 Å². The summed E-state index contributed by atoms with van der Waals surface area (Å²) in [7, 11) is 0. The Kier molecular flexibility index (Phi) is 4.76. The van der Waals surface area contributed by atoms with Crippen molar-refractivity contribution >= 4 is 23.2 Å². The lowest BCUT2D eigenvalue weighted by molar-refractivity contribution is -0.146. The monoisotopic (exact) mass is 228 g/mol. The molecule has 0 spiro atoms. The molecule has 1 aromatic heterocycles. The van der Waals surface area contributed by atoms with Crippen LogP contribution in [0.3, 0.4) is 0 Å². The highest BCUT2D eigenvalue weighted by Crippen LogP contribution is 2.02. The van der Waals surface area contributed by atoms with Crippen LogP contribution in [0.4, 0.5) is 0 Å². The normalized spacial score (nSPS) is 9.67. The van der Waals surface area contributed by atoms with Crippen molar-refractivity contribution in [3.63, 3.8) is 0 Å². The number of rotatable bonds is 5. The van der Waals surface area contributed by atoms with Gasteiger partial charge in [-0.05, 0) is 6.92 Å². The van der Waals surface area contributed by atoms with Crippen LogP contribution in [0.25, 0.3) is 0 Å². The van der Waals surface area contributed by atoms with E-state index in [4.69, 9.17) is 0 Å². The van der Waals surface area contributed by atoms with Crippen molar-refractivity contribution in [2.45, 2.75) is 19.9 Å². The van der Waals surface area contributed by atoms with Crippen LogP contribution < -0.4 is 5.32 Å². The maximum atomic E-state index is 11.2. The number of hydrogen-bond acceptors (Lipinski definition) is 5. The van der Waals surface area contributed by atoms with E-state index in [1.54, 1.807) is 13.1 Å². The third-order valence-electron chi connectivity index (χ3n) is 1.53. The van der Waals surface area contributed by atoms with Gasteiger partial charge in [-0.3, -0.25) is 9.59 Å². The van der Waals surface area contributed by atoms with Crippen molar-refractivity contribution in [2.75, 3.05) is 6.61 Å². The van der Waals surface area contributed by atoms with Crippen LogP contribution in [0.1, 0.15) is 18.4 Å². The Morgan fingerprint density at radius 3 is 3.00 bits per heavy atom. The maximum absolute atomic E-state index is 11.2. The first-order chi connectivity index (χ1) is 7.22. The molecule has 0 atom stereocenters. The summed E-state index contributed by atoms with van der Waals surface area (Å²) in [4.78, 5) is 26.1. The second-order valence-corrected chi connectivity index (χ2v) is 3.66. The van der Waals surface area contributed by atoms with E-state index in [0.29, 0.717) is 13.2 Å². The number of carbonyl (C=O) groups is 2. The number of thiazole rings is 1. The van der Waals surface area contributed by atoms with Gasteiger partial charge in [-0.1, -0.05) is 0 Å². The van der Waals surface area contributed by atoms with E-state index in [9.17, 15) is 9.59 Å². The molecule has 0 radical (unpaired) electrons. The SMILES string of the molecule is CCOC(=O)CC(=O)NCc1nccs1. The van der Waals surface area contributed by atoms with Gasteiger partial charge >= 0.3 is 5.97 Å². The van der Waals surface area contributed by atoms with E-state index < -0.39 is 5.97 Å². The Bertz CT molecular complexity index is 324. The summed E-state index contributed by atoms with van der Waals surface area (Å²) in [5.41, 5.74) is 0. The zero-order valence-electron chi connectivity index (χ0n) is 8.36. The predicted octanol–water partition coefficient (Wildman–Crippen LogP) is 0.712. The molecular formula is C9H12N2O3S. The average Bonchev–Trinajstić information content (AvgIpc) is 2.67. The van der Waals surface area contributed by atoms with Gasteiger partial charge in [-0.15, -0.1) is 11.3 Å². The molecule has 0 aliphatic heterocycles. The van der Waals surface area contributed by atoms with Crippen LogP contribution in [0.2, 0.25) is 0 Å². The van der Waals surface area contributed by atoms with E-state index in [2.05, 4.69) is 15.0 Å². The highest BCUT2D eigenvalue weighted by atomic mass is 32.1. The molecule has 1 heterocycles. The number of hydrogen-bond donors (Lipinski definition) is 1. The number of nitrogens with zero attached hydrogens (tertiary/aromatic N) is 1. The van der Waals surface area contributed by atoms with Crippen LogP contribution in [-0.2, 0) is 20.9 Å². The van der Waals surface area contributed by atoms with Crippen molar-refractivity contribution in [1.82, 2.24) is 10.3 Å². The fourth-order valence-corrected chi connectivity index (χ4v) is 1.48. The average molecular weight is 228 g/mol. The van der Waals surface area contributed by atoms with E-state index in [0.717, 1.165) is 5.01 Å². The fourth-order valence-electron chi connectivity index (χ4n) is 0.920. The van der Waals surface area contributed by atoms with Crippen molar-refractivity contribution in [1.29, 1.82) is 0 Å². The second-order valence-electron chi connectivity index (χ2n) is 2.68. The minimum absolute atomic E-state index is 0.237. The van der Waals surface area contributed by atoms with Gasteiger partial charge in [0.2, 0.25) is 5.91 Å². The molecule has 6 heteroatoms. The zero-order valence-corrected chi connectivity index (χ0v) is 9.17. The molecule has 0 aliphatic rings. The van der Waals surface area contributed by atoms with Gasteiger partial charge < -0.3 is 10.1 Å². The van der Waals surface area contributed by atoms with Gasteiger partial charge in [-0.25, -0.2) is 4.98 Å². The first-order valence-corrected chi connectivity index (χ1v) is 5.41. The Morgan fingerprint density at radius 2 is 2.40 bits per heavy atom. The maximum Gasteiger partial charge on any atom is 0.315 e. The largest absolute Gasteiger partial charge is 0.466 e. The van der Waals surface area contributed by atoms with E-state index in [1.807, 2.05) is 5.38 Å². The van der Waals surface area contributed by atoms with Crippen LogP contribution in [0.15, 0.2) is 11.6 Å². The van der Waals surface area contributed by atoms with Gasteiger partial charge in [-0.2, -0.15) is 0 Å². The summed E-state index contributed by atoms with van der Waals surface area (Å²) in [5, 5.41) is 5.22. The third kappa shape index (κ3) is 4.55. The number of aromatic nitrogens is 1. The topological polar surface area (TPSA) is 68.3 Å². The molecule has 5 nitrogen and oxygen atoms in total. The van der Waals surface area contributed by atoms with Gasteiger partial charge in [0, 0.05) is 11.6 Å². The third-order valence-corrected chi connectivity index (χ3v) is 2.31. The molecule has 0 aromatic carbocycles. The molecule has 0 fully saturated rings. The van der Waals surface area contributed by atoms with Gasteiger partial charge in [0.25, 0.3) is 0 Å². The highest BCUT2D eigenvalue weighted by Gasteiger charge is 2.09. The molecule has 0 aliphatic carbocycles. The van der Waals surface area contributed by atoms with Crippen molar-refractivity contribution in [3.05, 3.63) is 16.6 Å². The van der Waals surface area contributed by atoms with Crippen molar-refractivity contribution < 1.29 is 14.3 Å². The lowest BCUT2D eigenvalue weighted by Crippen LogP contribution is -2.25. The summed E-state index contributed by atoms with van der Waals surface area (Å²) in [6.45, 7) is 2.35. The minimum Gasteiger partial charge on any atom is -0.466 e. The Hall–Kier alpha value is -1.43. The van der Waals surface area contributed by atoms with Crippen LogP contribution in [0, 0.1) is 0 Å². The summed E-state index contributed by atoms with van der Waals surface area (Å²) < 4.78 is 4.64. The molecular weight excluding hydrogens is 216 g/mol. The molecule has 0 saturated heterocycles. The number of carbonyl (C=O) groups excluding carboxylic acids is 2. The molecule has 1 N–H and O–H groups in total. The highest BCUT2D eigenvalue weighted by molar-refractivity contribution is 7.09. The molecule has 1 amide bonds. The Labute approximate surface area is 91.5 Å². The quantitative estimate of drug-likeness (QED) is 0.595. The van der Waals surface area contributed by atoms with Gasteiger partial charge in [0.15, 0.2) is 0 Å². The number of nitrogens with one attached hydrogen (secondary N) is 1. The smallest absolute Gasteiger partial charge is 0.315 e. The van der Waals surface area contributed by atoms with Crippen LogP contribution in [0.5, 0.6) is 0 Å². The molecule has 1 aromatic rings. The molecule has 0 saturated carbocycles. The Balaban J connectivity index is 2.22. The standard InChI is InChI=1S/C9H12N2O3S/c1-2-14-9(13)5-7(12)11-6-8-10-3-4-15-8/h3-4H,2,5-6H2,1H3,(H,11,12). The number of esters is 1.